The largest absolute Gasteiger partial charge is 0.418 e. The number of aliphatic hydroxyl groups is 1. The van der Waals surface area contributed by atoms with Crippen LogP contribution in [-0.4, -0.2) is 16.3 Å². The van der Waals surface area contributed by atoms with Gasteiger partial charge in [-0.15, -0.1) is 0 Å². The number of nitrogens with zero attached hydrogens (tertiary/aromatic N) is 1. The second-order valence-corrected chi connectivity index (χ2v) is 3.36. The molecule has 0 fully saturated rings. The number of aliphatic hydroxyl groups excluding tert-OH is 1. The maximum atomic E-state index is 12.4. The van der Waals surface area contributed by atoms with Crippen molar-refractivity contribution in [3.05, 3.63) is 42.1 Å². The highest BCUT2D eigenvalue weighted by molar-refractivity contribution is 5.82. The molecule has 0 unspecified atom stereocenters. The number of aromatic nitrogens is 1. The summed E-state index contributed by atoms with van der Waals surface area (Å²) >= 11 is 0. The van der Waals surface area contributed by atoms with Crippen molar-refractivity contribution in [2.24, 2.45) is 0 Å². The second kappa shape index (κ2) is 3.75. The van der Waals surface area contributed by atoms with E-state index in [9.17, 15) is 18.3 Å². The molecule has 0 aliphatic rings. The van der Waals surface area contributed by atoms with E-state index in [1.807, 2.05) is 0 Å². The van der Waals surface area contributed by atoms with Crippen LogP contribution in [0.5, 0.6) is 0 Å². The summed E-state index contributed by atoms with van der Waals surface area (Å²) in [7, 11) is 0. The van der Waals surface area contributed by atoms with Gasteiger partial charge < -0.3 is 5.11 Å². The van der Waals surface area contributed by atoms with Crippen LogP contribution in [0, 0.1) is 0 Å². The third kappa shape index (κ3) is 1.86. The van der Waals surface area contributed by atoms with Crippen LogP contribution in [0.25, 0.3) is 10.9 Å². The van der Waals surface area contributed by atoms with Gasteiger partial charge in [-0.2, -0.15) is 13.2 Å². The molecule has 0 spiro atoms. The van der Waals surface area contributed by atoms with Gasteiger partial charge in [-0.25, -0.2) is 0 Å². The van der Waals surface area contributed by atoms with Crippen LogP contribution < -0.4 is 0 Å². The first-order valence-electron chi connectivity index (χ1n) is 4.58. The Morgan fingerprint density at radius 3 is 2.50 bits per heavy atom. The second-order valence-electron chi connectivity index (χ2n) is 3.36. The number of alkyl halides is 3. The van der Waals surface area contributed by atoms with E-state index in [0.717, 1.165) is 0 Å². The van der Waals surface area contributed by atoms with E-state index in [2.05, 4.69) is 4.98 Å². The predicted octanol–water partition coefficient (Wildman–Crippen LogP) is 2.83. The lowest BCUT2D eigenvalue weighted by atomic mass is 10.0. The van der Waals surface area contributed by atoms with Gasteiger partial charge in [-0.1, -0.05) is 18.2 Å². The van der Waals surface area contributed by atoms with E-state index >= 15 is 0 Å². The third-order valence-corrected chi connectivity index (χ3v) is 2.29. The number of fused-ring (bicyclic) bond motifs is 1. The van der Waals surface area contributed by atoms with Crippen LogP contribution in [-0.2, 0) is 0 Å². The van der Waals surface area contributed by atoms with E-state index in [1.54, 1.807) is 18.2 Å². The van der Waals surface area contributed by atoms with E-state index < -0.39 is 12.3 Å². The highest BCUT2D eigenvalue weighted by Gasteiger charge is 2.40. The minimum absolute atomic E-state index is 0.168. The fraction of sp³-hybridized carbons (Fsp3) is 0.182. The fourth-order valence-corrected chi connectivity index (χ4v) is 1.53. The number of hydrogen-bond acceptors (Lipinski definition) is 2. The average molecular weight is 227 g/mol. The first-order chi connectivity index (χ1) is 7.50. The molecule has 5 heteroatoms. The molecule has 0 bridgehead atoms. The van der Waals surface area contributed by atoms with Gasteiger partial charge in [-0.05, 0) is 12.1 Å². The van der Waals surface area contributed by atoms with Crippen molar-refractivity contribution in [1.29, 1.82) is 0 Å². The summed E-state index contributed by atoms with van der Waals surface area (Å²) in [5, 5.41) is 9.52. The Labute approximate surface area is 89.4 Å². The monoisotopic (exact) mass is 227 g/mol. The number of benzene rings is 1. The summed E-state index contributed by atoms with van der Waals surface area (Å²) in [6.45, 7) is 0. The lowest BCUT2D eigenvalue weighted by molar-refractivity contribution is -0.206. The van der Waals surface area contributed by atoms with E-state index in [1.165, 1.54) is 18.3 Å². The standard InChI is InChI=1S/C11H8F3NO/c12-11(13,14)10(16)8-5-6-15-9-4-2-1-3-7(8)9/h1-6,10,16H/t10-/m0/s1. The zero-order valence-electron chi connectivity index (χ0n) is 8.07. The highest BCUT2D eigenvalue weighted by atomic mass is 19.4. The molecule has 0 amide bonds. The van der Waals surface area contributed by atoms with Crippen LogP contribution in [0.3, 0.4) is 0 Å². The molecule has 1 N–H and O–H groups in total. The quantitative estimate of drug-likeness (QED) is 0.812. The molecule has 84 valence electrons. The van der Waals surface area contributed by atoms with Crippen molar-refractivity contribution in [1.82, 2.24) is 4.98 Å². The Morgan fingerprint density at radius 1 is 1.12 bits per heavy atom. The van der Waals surface area contributed by atoms with Crippen LogP contribution in [0.2, 0.25) is 0 Å². The zero-order chi connectivity index (χ0) is 11.8. The number of halogens is 3. The average Bonchev–Trinajstić information content (AvgIpc) is 2.26. The Kier molecular flexibility index (Phi) is 2.55. The summed E-state index contributed by atoms with van der Waals surface area (Å²) in [5.41, 5.74) is 0.265. The molecule has 2 rings (SSSR count). The molecule has 1 atom stereocenters. The summed E-state index contributed by atoms with van der Waals surface area (Å²) < 4.78 is 37.2. The van der Waals surface area contributed by atoms with Crippen LogP contribution in [0.15, 0.2) is 36.5 Å². The lowest BCUT2D eigenvalue weighted by Crippen LogP contribution is -2.20. The number of rotatable bonds is 1. The molecule has 1 aromatic heterocycles. The lowest BCUT2D eigenvalue weighted by Gasteiger charge is -2.16. The molecule has 1 heterocycles. The molecule has 0 aliphatic carbocycles. The number of para-hydroxylation sites is 1. The van der Waals surface area contributed by atoms with Gasteiger partial charge in [-0.3, -0.25) is 4.98 Å². The van der Waals surface area contributed by atoms with E-state index in [4.69, 9.17) is 0 Å². The summed E-state index contributed by atoms with van der Waals surface area (Å²) in [4.78, 5) is 3.93. The van der Waals surface area contributed by atoms with Crippen molar-refractivity contribution < 1.29 is 18.3 Å². The van der Waals surface area contributed by atoms with Crippen molar-refractivity contribution in [3.8, 4) is 0 Å². The Morgan fingerprint density at radius 2 is 1.81 bits per heavy atom. The topological polar surface area (TPSA) is 33.1 Å². The van der Waals surface area contributed by atoms with Gasteiger partial charge in [0.15, 0.2) is 6.10 Å². The van der Waals surface area contributed by atoms with Gasteiger partial charge in [0.2, 0.25) is 0 Å². The van der Waals surface area contributed by atoms with Gasteiger partial charge in [0, 0.05) is 17.1 Å². The molecular formula is C11H8F3NO. The Bertz CT molecular complexity index is 505. The minimum atomic E-state index is -4.66. The third-order valence-electron chi connectivity index (χ3n) is 2.29. The zero-order valence-corrected chi connectivity index (χ0v) is 8.07. The maximum Gasteiger partial charge on any atom is 0.418 e. The Balaban J connectivity index is 2.61. The highest BCUT2D eigenvalue weighted by Crippen LogP contribution is 2.35. The van der Waals surface area contributed by atoms with E-state index in [-0.39, 0.29) is 5.56 Å². The molecule has 0 saturated heterocycles. The number of hydrogen-bond donors (Lipinski definition) is 1. The summed E-state index contributed by atoms with van der Waals surface area (Å²) in [6.07, 6.45) is -5.88. The molecule has 0 aliphatic heterocycles. The summed E-state index contributed by atoms with van der Waals surface area (Å²) in [5.74, 6) is 0. The smallest absolute Gasteiger partial charge is 0.379 e. The van der Waals surface area contributed by atoms with Gasteiger partial charge >= 0.3 is 6.18 Å². The summed E-state index contributed by atoms with van der Waals surface area (Å²) in [6, 6.07) is 7.57. The van der Waals surface area contributed by atoms with Crippen LogP contribution >= 0.6 is 0 Å². The van der Waals surface area contributed by atoms with Crippen molar-refractivity contribution in [3.63, 3.8) is 0 Å². The minimum Gasteiger partial charge on any atom is -0.379 e. The first kappa shape index (κ1) is 10.9. The van der Waals surface area contributed by atoms with Crippen LogP contribution in [0.4, 0.5) is 13.2 Å². The molecule has 1 aromatic carbocycles. The predicted molar refractivity (Wildman–Crippen MR) is 52.8 cm³/mol. The molecular weight excluding hydrogens is 219 g/mol. The molecule has 16 heavy (non-hydrogen) atoms. The maximum absolute atomic E-state index is 12.4. The molecule has 2 aromatic rings. The van der Waals surface area contributed by atoms with Gasteiger partial charge in [0.05, 0.1) is 5.52 Å². The van der Waals surface area contributed by atoms with Gasteiger partial charge in [0.1, 0.15) is 0 Å². The van der Waals surface area contributed by atoms with Gasteiger partial charge in [0.25, 0.3) is 0 Å². The van der Waals surface area contributed by atoms with Crippen molar-refractivity contribution in [2.75, 3.05) is 0 Å². The van der Waals surface area contributed by atoms with Crippen LogP contribution in [0.1, 0.15) is 11.7 Å². The first-order valence-corrected chi connectivity index (χ1v) is 4.58. The van der Waals surface area contributed by atoms with E-state index in [0.29, 0.717) is 10.9 Å². The normalized spacial score (nSPS) is 14.0. The number of pyridine rings is 1. The fourth-order valence-electron chi connectivity index (χ4n) is 1.53. The molecule has 2 nitrogen and oxygen atoms in total. The molecule has 0 radical (unpaired) electrons. The SMILES string of the molecule is O[C@@H](c1ccnc2ccccc12)C(F)(F)F. The Hall–Kier alpha value is -1.62. The van der Waals surface area contributed by atoms with Crippen molar-refractivity contribution >= 4 is 10.9 Å². The molecule has 0 saturated carbocycles. The van der Waals surface area contributed by atoms with Crippen molar-refractivity contribution in [2.45, 2.75) is 12.3 Å².